The maximum Gasteiger partial charge on any atom is 0.335 e. The Balaban J connectivity index is 3.21. The Labute approximate surface area is 89.0 Å². The molecule has 1 aliphatic rings. The van der Waals surface area contributed by atoms with Gasteiger partial charge in [0.15, 0.2) is 6.17 Å². The van der Waals surface area contributed by atoms with Crippen LogP contribution in [0.4, 0.5) is 4.39 Å². The molecule has 92 valence electrons. The summed E-state index contributed by atoms with van der Waals surface area (Å²) < 4.78 is 24.1. The van der Waals surface area contributed by atoms with Gasteiger partial charge in [0.25, 0.3) is 0 Å². The van der Waals surface area contributed by atoms with E-state index in [-0.39, 0.29) is 0 Å². The van der Waals surface area contributed by atoms with E-state index in [0.717, 1.165) is 0 Å². The van der Waals surface area contributed by atoms with Crippen LogP contribution in [0.15, 0.2) is 11.6 Å². The standard InChI is InChI=1S/C7H10FO7P/c8-4-2(7(11)12)1-3(16(13,14)15)5(9)6(4)10/h1,3-6,9-10H,(H,11,12)(H2,13,14,15)/t3-,4+,5-,6-/m1/s1. The van der Waals surface area contributed by atoms with Gasteiger partial charge in [0.2, 0.25) is 0 Å². The average molecular weight is 256 g/mol. The molecule has 1 aliphatic carbocycles. The zero-order valence-corrected chi connectivity index (χ0v) is 8.66. The molecule has 5 N–H and O–H groups in total. The number of hydrogen-bond donors (Lipinski definition) is 5. The molecule has 1 rings (SSSR count). The number of rotatable bonds is 2. The first-order valence-electron chi connectivity index (χ1n) is 4.16. The molecule has 0 aromatic heterocycles. The molecule has 7 nitrogen and oxygen atoms in total. The second kappa shape index (κ2) is 4.23. The minimum Gasteiger partial charge on any atom is -0.478 e. The maximum atomic E-state index is 13.2. The van der Waals surface area contributed by atoms with Crippen LogP contribution in [0, 0.1) is 0 Å². The summed E-state index contributed by atoms with van der Waals surface area (Å²) in [5.41, 5.74) is -2.88. The van der Waals surface area contributed by atoms with Gasteiger partial charge in [0.1, 0.15) is 17.9 Å². The molecular formula is C7H10FO7P. The molecule has 0 fully saturated rings. The molecule has 0 radical (unpaired) electrons. The maximum absolute atomic E-state index is 13.2. The molecule has 0 spiro atoms. The van der Waals surface area contributed by atoms with Crippen molar-refractivity contribution in [2.75, 3.05) is 0 Å². The van der Waals surface area contributed by atoms with Crippen LogP contribution < -0.4 is 0 Å². The molecule has 0 saturated heterocycles. The van der Waals surface area contributed by atoms with Gasteiger partial charge < -0.3 is 25.1 Å². The Morgan fingerprint density at radius 2 is 1.81 bits per heavy atom. The fraction of sp³-hybridized carbons (Fsp3) is 0.571. The summed E-state index contributed by atoms with van der Waals surface area (Å²) in [5, 5.41) is 26.9. The summed E-state index contributed by atoms with van der Waals surface area (Å²) in [4.78, 5) is 28.1. The number of aliphatic hydroxyl groups excluding tert-OH is 2. The van der Waals surface area contributed by atoms with E-state index in [9.17, 15) is 18.9 Å². The topological polar surface area (TPSA) is 135 Å². The SMILES string of the molecule is O=C(O)C1=C[C@@H](P(=O)(O)O)[C@@H](O)[C@H](O)[C@H]1F. The van der Waals surface area contributed by atoms with Crippen molar-refractivity contribution in [3.63, 3.8) is 0 Å². The molecular weight excluding hydrogens is 246 g/mol. The van der Waals surface area contributed by atoms with E-state index >= 15 is 0 Å². The number of carbonyl (C=O) groups is 1. The average Bonchev–Trinajstić information content (AvgIpc) is 2.11. The summed E-state index contributed by atoms with van der Waals surface area (Å²) in [6, 6.07) is 0. The molecule has 0 bridgehead atoms. The van der Waals surface area contributed by atoms with Crippen LogP contribution in [0.3, 0.4) is 0 Å². The molecule has 4 atom stereocenters. The number of aliphatic hydroxyl groups is 2. The predicted octanol–water partition coefficient (Wildman–Crippen LogP) is -1.38. The quantitative estimate of drug-likeness (QED) is 0.384. The van der Waals surface area contributed by atoms with Gasteiger partial charge in [-0.1, -0.05) is 6.08 Å². The van der Waals surface area contributed by atoms with Gasteiger partial charge >= 0.3 is 13.6 Å². The number of carboxylic acid groups (broad SMARTS) is 1. The van der Waals surface area contributed by atoms with Crippen molar-refractivity contribution in [3.05, 3.63) is 11.6 Å². The first-order chi connectivity index (χ1) is 7.16. The van der Waals surface area contributed by atoms with Crippen LogP contribution in [0.2, 0.25) is 0 Å². The third-order valence-electron chi connectivity index (χ3n) is 2.28. The zero-order valence-electron chi connectivity index (χ0n) is 7.76. The second-order valence-electron chi connectivity index (χ2n) is 3.39. The summed E-state index contributed by atoms with van der Waals surface area (Å²) in [6.07, 6.45) is -6.14. The van der Waals surface area contributed by atoms with E-state index in [1.54, 1.807) is 0 Å². The zero-order chi connectivity index (χ0) is 12.7. The van der Waals surface area contributed by atoms with Crippen molar-refractivity contribution >= 4 is 13.6 Å². The van der Waals surface area contributed by atoms with Crippen LogP contribution in [0.5, 0.6) is 0 Å². The number of aliphatic carboxylic acids is 1. The van der Waals surface area contributed by atoms with Gasteiger partial charge in [-0.2, -0.15) is 0 Å². The first-order valence-corrected chi connectivity index (χ1v) is 5.85. The third-order valence-corrected chi connectivity index (χ3v) is 3.51. The van der Waals surface area contributed by atoms with Gasteiger partial charge in [-0.3, -0.25) is 4.57 Å². The summed E-state index contributed by atoms with van der Waals surface area (Å²) in [6.45, 7) is 0. The molecule has 0 heterocycles. The Morgan fingerprint density at radius 1 is 1.31 bits per heavy atom. The fourth-order valence-electron chi connectivity index (χ4n) is 1.42. The monoisotopic (exact) mass is 256 g/mol. The summed E-state index contributed by atoms with van der Waals surface area (Å²) >= 11 is 0. The largest absolute Gasteiger partial charge is 0.478 e. The third kappa shape index (κ3) is 2.31. The highest BCUT2D eigenvalue weighted by Crippen LogP contribution is 2.47. The van der Waals surface area contributed by atoms with E-state index in [2.05, 4.69) is 0 Å². The van der Waals surface area contributed by atoms with Crippen molar-refractivity contribution < 1.29 is 38.9 Å². The Bertz CT molecular complexity index is 375. The van der Waals surface area contributed by atoms with Crippen molar-refractivity contribution in [1.82, 2.24) is 0 Å². The molecule has 9 heteroatoms. The number of halogens is 1. The molecule has 0 aromatic rings. The van der Waals surface area contributed by atoms with Crippen LogP contribution in [-0.2, 0) is 9.36 Å². The summed E-state index contributed by atoms with van der Waals surface area (Å²) in [7, 11) is -4.85. The van der Waals surface area contributed by atoms with E-state index in [1.165, 1.54) is 0 Å². The lowest BCUT2D eigenvalue weighted by atomic mass is 9.92. The Hall–Kier alpha value is -0.790. The number of carboxylic acids is 1. The molecule has 0 aliphatic heterocycles. The van der Waals surface area contributed by atoms with Crippen molar-refractivity contribution in [3.8, 4) is 0 Å². The second-order valence-corrected chi connectivity index (χ2v) is 5.16. The van der Waals surface area contributed by atoms with E-state index < -0.39 is 43.2 Å². The normalized spacial score (nSPS) is 35.7. The van der Waals surface area contributed by atoms with Crippen LogP contribution >= 0.6 is 7.60 Å². The molecule has 0 aromatic carbocycles. The van der Waals surface area contributed by atoms with Gasteiger partial charge in [0.05, 0.1) is 5.57 Å². The highest BCUT2D eigenvalue weighted by Gasteiger charge is 2.47. The predicted molar refractivity (Wildman–Crippen MR) is 48.5 cm³/mol. The van der Waals surface area contributed by atoms with Crippen LogP contribution in [0.1, 0.15) is 0 Å². The van der Waals surface area contributed by atoms with Crippen LogP contribution in [0.25, 0.3) is 0 Å². The Kier molecular flexibility index (Phi) is 3.51. The van der Waals surface area contributed by atoms with Crippen LogP contribution in [-0.4, -0.2) is 55.1 Å². The van der Waals surface area contributed by atoms with E-state index in [1.807, 2.05) is 0 Å². The lowest BCUT2D eigenvalue weighted by Crippen LogP contribution is -2.47. The van der Waals surface area contributed by atoms with Crippen molar-refractivity contribution in [1.29, 1.82) is 0 Å². The lowest BCUT2D eigenvalue weighted by molar-refractivity contribution is -0.134. The van der Waals surface area contributed by atoms with Gasteiger partial charge in [-0.05, 0) is 0 Å². The molecule has 0 saturated carbocycles. The van der Waals surface area contributed by atoms with Gasteiger partial charge in [0, 0.05) is 0 Å². The molecule has 0 amide bonds. The minimum absolute atomic E-state index is 0.450. The van der Waals surface area contributed by atoms with Gasteiger partial charge in [-0.15, -0.1) is 0 Å². The van der Waals surface area contributed by atoms with Crippen molar-refractivity contribution in [2.45, 2.75) is 24.0 Å². The first kappa shape index (κ1) is 13.3. The number of hydrogen-bond acceptors (Lipinski definition) is 4. The molecule has 0 unspecified atom stereocenters. The minimum atomic E-state index is -4.85. The highest BCUT2D eigenvalue weighted by atomic mass is 31.2. The lowest BCUT2D eigenvalue weighted by Gasteiger charge is -2.32. The van der Waals surface area contributed by atoms with Crippen molar-refractivity contribution in [2.24, 2.45) is 0 Å². The molecule has 16 heavy (non-hydrogen) atoms. The van der Waals surface area contributed by atoms with E-state index in [0.29, 0.717) is 6.08 Å². The number of alkyl halides is 1. The highest BCUT2D eigenvalue weighted by molar-refractivity contribution is 7.52. The fourth-order valence-corrected chi connectivity index (χ4v) is 2.35. The summed E-state index contributed by atoms with van der Waals surface area (Å²) in [5.74, 6) is -1.74. The Morgan fingerprint density at radius 3 is 2.19 bits per heavy atom. The van der Waals surface area contributed by atoms with Gasteiger partial charge in [-0.25, -0.2) is 9.18 Å². The van der Waals surface area contributed by atoms with E-state index in [4.69, 9.17) is 20.0 Å². The smallest absolute Gasteiger partial charge is 0.335 e.